The average molecular weight is 186 g/mol. The van der Waals surface area contributed by atoms with E-state index in [9.17, 15) is 0 Å². The number of ether oxygens (including phenoxy) is 1. The Balaban J connectivity index is 2.14. The Bertz CT molecular complexity index is 133. The van der Waals surface area contributed by atoms with Crippen molar-refractivity contribution < 1.29 is 4.74 Å². The Kier molecular flexibility index (Phi) is 4.70. The van der Waals surface area contributed by atoms with Crippen LogP contribution in [0.15, 0.2) is 0 Å². The van der Waals surface area contributed by atoms with Crippen molar-refractivity contribution in [3.8, 4) is 0 Å². The first-order chi connectivity index (χ1) is 6.18. The molecule has 3 heteroatoms. The third-order valence-corrected chi connectivity index (χ3v) is 2.37. The van der Waals surface area contributed by atoms with Gasteiger partial charge in [-0.3, -0.25) is 4.90 Å². The van der Waals surface area contributed by atoms with Crippen LogP contribution in [0.25, 0.3) is 0 Å². The standard InChI is InChI=1S/C10H22N2O/c1-9(2)7-10(11)8-12-3-5-13-6-4-12/h9-10H,3-8,11H2,1-2H3. The number of morpholine rings is 1. The van der Waals surface area contributed by atoms with Crippen LogP contribution in [0.1, 0.15) is 20.3 Å². The first kappa shape index (κ1) is 11.0. The molecule has 78 valence electrons. The fourth-order valence-electron chi connectivity index (χ4n) is 1.80. The van der Waals surface area contributed by atoms with Crippen molar-refractivity contribution in [3.05, 3.63) is 0 Å². The summed E-state index contributed by atoms with van der Waals surface area (Å²) >= 11 is 0. The molecule has 0 radical (unpaired) electrons. The van der Waals surface area contributed by atoms with Crippen molar-refractivity contribution in [1.29, 1.82) is 0 Å². The molecular formula is C10H22N2O. The Labute approximate surface area is 81.2 Å². The second-order valence-electron chi connectivity index (χ2n) is 4.30. The van der Waals surface area contributed by atoms with Crippen molar-refractivity contribution in [3.63, 3.8) is 0 Å². The Morgan fingerprint density at radius 2 is 1.92 bits per heavy atom. The van der Waals surface area contributed by atoms with Crippen LogP contribution in [0, 0.1) is 5.92 Å². The van der Waals surface area contributed by atoms with E-state index in [0.717, 1.165) is 39.3 Å². The lowest BCUT2D eigenvalue weighted by atomic mass is 10.0. The zero-order valence-corrected chi connectivity index (χ0v) is 8.83. The molecule has 0 aliphatic carbocycles. The minimum atomic E-state index is 0.332. The molecule has 3 nitrogen and oxygen atoms in total. The largest absolute Gasteiger partial charge is 0.379 e. The quantitative estimate of drug-likeness (QED) is 0.702. The van der Waals surface area contributed by atoms with E-state index < -0.39 is 0 Å². The van der Waals surface area contributed by atoms with Gasteiger partial charge in [-0.25, -0.2) is 0 Å². The second-order valence-corrected chi connectivity index (χ2v) is 4.30. The van der Waals surface area contributed by atoms with E-state index in [-0.39, 0.29) is 0 Å². The van der Waals surface area contributed by atoms with Crippen LogP contribution in [0.4, 0.5) is 0 Å². The molecule has 0 spiro atoms. The lowest BCUT2D eigenvalue weighted by Crippen LogP contribution is -2.44. The number of hydrogen-bond donors (Lipinski definition) is 1. The third-order valence-electron chi connectivity index (χ3n) is 2.37. The average Bonchev–Trinajstić information content (AvgIpc) is 2.04. The summed E-state index contributed by atoms with van der Waals surface area (Å²) < 4.78 is 5.28. The summed E-state index contributed by atoms with van der Waals surface area (Å²) in [6.45, 7) is 9.31. The van der Waals surface area contributed by atoms with Gasteiger partial charge in [0, 0.05) is 25.7 Å². The maximum atomic E-state index is 6.02. The van der Waals surface area contributed by atoms with E-state index in [0.29, 0.717) is 12.0 Å². The van der Waals surface area contributed by atoms with Crippen molar-refractivity contribution in [2.45, 2.75) is 26.3 Å². The smallest absolute Gasteiger partial charge is 0.0594 e. The molecule has 0 amide bonds. The van der Waals surface area contributed by atoms with E-state index in [4.69, 9.17) is 10.5 Å². The van der Waals surface area contributed by atoms with Gasteiger partial charge in [-0.1, -0.05) is 13.8 Å². The topological polar surface area (TPSA) is 38.5 Å². The van der Waals surface area contributed by atoms with Crippen LogP contribution in [0.2, 0.25) is 0 Å². The minimum absolute atomic E-state index is 0.332. The zero-order valence-electron chi connectivity index (χ0n) is 8.83. The first-order valence-corrected chi connectivity index (χ1v) is 5.24. The summed E-state index contributed by atoms with van der Waals surface area (Å²) in [4.78, 5) is 2.40. The minimum Gasteiger partial charge on any atom is -0.379 e. The predicted molar refractivity (Wildman–Crippen MR) is 54.7 cm³/mol. The molecule has 0 aromatic carbocycles. The van der Waals surface area contributed by atoms with Crippen molar-refractivity contribution >= 4 is 0 Å². The summed E-state index contributed by atoms with van der Waals surface area (Å²) in [5.74, 6) is 0.705. The summed E-state index contributed by atoms with van der Waals surface area (Å²) in [5, 5.41) is 0. The lowest BCUT2D eigenvalue weighted by molar-refractivity contribution is 0.0345. The zero-order chi connectivity index (χ0) is 9.68. The highest BCUT2D eigenvalue weighted by molar-refractivity contribution is 4.71. The monoisotopic (exact) mass is 186 g/mol. The van der Waals surface area contributed by atoms with Gasteiger partial charge >= 0.3 is 0 Å². The number of nitrogens with two attached hydrogens (primary N) is 1. The van der Waals surface area contributed by atoms with Gasteiger partial charge in [-0.15, -0.1) is 0 Å². The van der Waals surface area contributed by atoms with Gasteiger partial charge in [0.25, 0.3) is 0 Å². The van der Waals surface area contributed by atoms with E-state index in [1.54, 1.807) is 0 Å². The number of hydrogen-bond acceptors (Lipinski definition) is 3. The molecule has 0 aromatic heterocycles. The van der Waals surface area contributed by atoms with Gasteiger partial charge in [-0.2, -0.15) is 0 Å². The highest BCUT2D eigenvalue weighted by Crippen LogP contribution is 2.05. The summed E-state index contributed by atoms with van der Waals surface area (Å²) in [6, 6.07) is 0.332. The van der Waals surface area contributed by atoms with Gasteiger partial charge in [0.2, 0.25) is 0 Å². The third kappa shape index (κ3) is 4.60. The SMILES string of the molecule is CC(C)CC(N)CN1CCOCC1. The van der Waals surface area contributed by atoms with E-state index in [1.165, 1.54) is 0 Å². The van der Waals surface area contributed by atoms with Crippen LogP contribution in [0.3, 0.4) is 0 Å². The molecular weight excluding hydrogens is 164 g/mol. The molecule has 2 N–H and O–H groups in total. The Hall–Kier alpha value is -0.120. The van der Waals surface area contributed by atoms with Gasteiger partial charge in [0.15, 0.2) is 0 Å². The molecule has 1 atom stereocenters. The van der Waals surface area contributed by atoms with E-state index >= 15 is 0 Å². The van der Waals surface area contributed by atoms with Crippen LogP contribution < -0.4 is 5.73 Å². The van der Waals surface area contributed by atoms with E-state index in [1.807, 2.05) is 0 Å². The highest BCUT2D eigenvalue weighted by Gasteiger charge is 2.14. The summed E-state index contributed by atoms with van der Waals surface area (Å²) in [6.07, 6.45) is 1.12. The molecule has 1 heterocycles. The Morgan fingerprint density at radius 3 is 2.46 bits per heavy atom. The predicted octanol–water partition coefficient (Wildman–Crippen LogP) is 0.692. The van der Waals surface area contributed by atoms with Crippen LogP contribution in [-0.2, 0) is 4.74 Å². The number of nitrogens with zero attached hydrogens (tertiary/aromatic N) is 1. The molecule has 13 heavy (non-hydrogen) atoms. The highest BCUT2D eigenvalue weighted by atomic mass is 16.5. The molecule has 0 bridgehead atoms. The molecule has 1 unspecified atom stereocenters. The summed E-state index contributed by atoms with van der Waals surface area (Å²) in [7, 11) is 0. The van der Waals surface area contributed by atoms with Gasteiger partial charge in [0.1, 0.15) is 0 Å². The molecule has 1 rings (SSSR count). The molecule has 1 fully saturated rings. The van der Waals surface area contributed by atoms with Crippen LogP contribution >= 0.6 is 0 Å². The van der Waals surface area contributed by atoms with Crippen LogP contribution in [0.5, 0.6) is 0 Å². The maximum absolute atomic E-state index is 6.02. The fourth-order valence-corrected chi connectivity index (χ4v) is 1.80. The molecule has 1 saturated heterocycles. The maximum Gasteiger partial charge on any atom is 0.0594 e. The second kappa shape index (κ2) is 5.58. The first-order valence-electron chi connectivity index (χ1n) is 5.24. The fraction of sp³-hybridized carbons (Fsp3) is 1.00. The van der Waals surface area contributed by atoms with Gasteiger partial charge in [0.05, 0.1) is 13.2 Å². The lowest BCUT2D eigenvalue weighted by Gasteiger charge is -2.29. The summed E-state index contributed by atoms with van der Waals surface area (Å²) in [5.41, 5.74) is 6.02. The van der Waals surface area contributed by atoms with Gasteiger partial charge in [-0.05, 0) is 12.3 Å². The normalized spacial score (nSPS) is 22.2. The number of rotatable bonds is 4. The van der Waals surface area contributed by atoms with Crippen molar-refractivity contribution in [2.24, 2.45) is 11.7 Å². The van der Waals surface area contributed by atoms with E-state index in [2.05, 4.69) is 18.7 Å². The van der Waals surface area contributed by atoms with Gasteiger partial charge < -0.3 is 10.5 Å². The van der Waals surface area contributed by atoms with Crippen molar-refractivity contribution in [2.75, 3.05) is 32.8 Å². The van der Waals surface area contributed by atoms with Crippen LogP contribution in [-0.4, -0.2) is 43.8 Å². The molecule has 1 aliphatic rings. The molecule has 0 saturated carbocycles. The molecule has 1 aliphatic heterocycles. The van der Waals surface area contributed by atoms with Crippen molar-refractivity contribution in [1.82, 2.24) is 4.90 Å². The Morgan fingerprint density at radius 1 is 1.31 bits per heavy atom. The molecule has 0 aromatic rings.